The SMILES string of the molecule is CCCCCCCCNCc1cc(Br)c(OCCC)c(OCC)c1. The Morgan fingerprint density at radius 2 is 1.67 bits per heavy atom. The molecule has 1 aromatic carbocycles. The van der Waals surface area contributed by atoms with Crippen LogP contribution < -0.4 is 14.8 Å². The molecule has 1 aromatic rings. The normalized spacial score (nSPS) is 10.8. The highest BCUT2D eigenvalue weighted by atomic mass is 79.9. The predicted molar refractivity (Wildman–Crippen MR) is 106 cm³/mol. The van der Waals surface area contributed by atoms with E-state index in [1.165, 1.54) is 44.1 Å². The molecule has 0 heterocycles. The fourth-order valence-electron chi connectivity index (χ4n) is 2.59. The van der Waals surface area contributed by atoms with Gasteiger partial charge in [-0.1, -0.05) is 46.0 Å². The van der Waals surface area contributed by atoms with Crippen LogP contribution in [0.25, 0.3) is 0 Å². The first-order valence-corrected chi connectivity index (χ1v) is 10.3. The number of nitrogens with one attached hydrogen (secondary N) is 1. The lowest BCUT2D eigenvalue weighted by Crippen LogP contribution is -2.15. The molecule has 0 aliphatic carbocycles. The molecule has 24 heavy (non-hydrogen) atoms. The summed E-state index contributed by atoms with van der Waals surface area (Å²) in [6, 6.07) is 4.22. The fourth-order valence-corrected chi connectivity index (χ4v) is 3.20. The van der Waals surface area contributed by atoms with Crippen LogP contribution in [0.15, 0.2) is 16.6 Å². The summed E-state index contributed by atoms with van der Waals surface area (Å²) in [7, 11) is 0. The van der Waals surface area contributed by atoms with Crippen molar-refractivity contribution in [1.82, 2.24) is 5.32 Å². The van der Waals surface area contributed by atoms with E-state index in [-0.39, 0.29) is 0 Å². The molecule has 0 bridgehead atoms. The number of benzene rings is 1. The van der Waals surface area contributed by atoms with Crippen LogP contribution in [0.2, 0.25) is 0 Å². The second-order valence-electron chi connectivity index (χ2n) is 6.13. The Bertz CT molecular complexity index is 452. The zero-order chi connectivity index (χ0) is 17.6. The van der Waals surface area contributed by atoms with Gasteiger partial charge in [0.25, 0.3) is 0 Å². The summed E-state index contributed by atoms with van der Waals surface area (Å²) < 4.78 is 12.5. The first-order chi connectivity index (χ1) is 11.7. The average Bonchev–Trinajstić information content (AvgIpc) is 2.57. The third kappa shape index (κ3) is 8.39. The lowest BCUT2D eigenvalue weighted by atomic mass is 10.1. The molecule has 0 aliphatic rings. The Morgan fingerprint density at radius 1 is 0.917 bits per heavy atom. The Morgan fingerprint density at radius 3 is 2.38 bits per heavy atom. The van der Waals surface area contributed by atoms with E-state index in [0.717, 1.165) is 35.5 Å². The van der Waals surface area contributed by atoms with E-state index in [1.807, 2.05) is 6.92 Å². The summed E-state index contributed by atoms with van der Waals surface area (Å²) in [5.41, 5.74) is 1.22. The van der Waals surface area contributed by atoms with Crippen LogP contribution in [-0.4, -0.2) is 19.8 Å². The number of halogens is 1. The minimum absolute atomic E-state index is 0.642. The van der Waals surface area contributed by atoms with Gasteiger partial charge < -0.3 is 14.8 Å². The summed E-state index contributed by atoms with van der Waals surface area (Å²) in [5, 5.41) is 3.53. The molecular weight excluding hydrogens is 366 g/mol. The van der Waals surface area contributed by atoms with Crippen molar-refractivity contribution in [2.45, 2.75) is 72.3 Å². The highest BCUT2D eigenvalue weighted by Gasteiger charge is 2.12. The number of hydrogen-bond acceptors (Lipinski definition) is 3. The monoisotopic (exact) mass is 399 g/mol. The molecular formula is C20H34BrNO2. The maximum atomic E-state index is 5.82. The first kappa shape index (κ1) is 21.3. The van der Waals surface area contributed by atoms with E-state index in [4.69, 9.17) is 9.47 Å². The van der Waals surface area contributed by atoms with Crippen LogP contribution in [0.1, 0.15) is 71.3 Å². The summed E-state index contributed by atoms with van der Waals surface area (Å²) in [6.45, 7) is 9.64. The van der Waals surface area contributed by atoms with E-state index in [1.54, 1.807) is 0 Å². The highest BCUT2D eigenvalue weighted by Crippen LogP contribution is 2.37. The Hall–Kier alpha value is -0.740. The van der Waals surface area contributed by atoms with Crippen molar-refractivity contribution in [1.29, 1.82) is 0 Å². The number of ether oxygens (including phenoxy) is 2. The quantitative estimate of drug-likeness (QED) is 0.384. The van der Waals surface area contributed by atoms with Crippen LogP contribution in [0.3, 0.4) is 0 Å². The fraction of sp³-hybridized carbons (Fsp3) is 0.700. The van der Waals surface area contributed by atoms with Crippen molar-refractivity contribution in [3.05, 3.63) is 22.2 Å². The Balaban J connectivity index is 2.44. The predicted octanol–water partition coefficient (Wildman–Crippen LogP) is 6.09. The zero-order valence-corrected chi connectivity index (χ0v) is 17.2. The van der Waals surface area contributed by atoms with Crippen molar-refractivity contribution >= 4 is 15.9 Å². The van der Waals surface area contributed by atoms with Crippen molar-refractivity contribution < 1.29 is 9.47 Å². The minimum Gasteiger partial charge on any atom is -0.490 e. The summed E-state index contributed by atoms with van der Waals surface area (Å²) in [5.74, 6) is 1.65. The molecule has 0 aromatic heterocycles. The van der Waals surface area contributed by atoms with E-state index < -0.39 is 0 Å². The van der Waals surface area contributed by atoms with Gasteiger partial charge in [-0.15, -0.1) is 0 Å². The third-order valence-corrected chi connectivity index (χ3v) is 4.44. The van der Waals surface area contributed by atoms with Crippen molar-refractivity contribution in [2.24, 2.45) is 0 Å². The minimum atomic E-state index is 0.642. The standard InChI is InChI=1S/C20H34BrNO2/c1-4-7-8-9-10-11-12-22-16-17-14-18(21)20(24-13-5-2)19(15-17)23-6-3/h14-15,22H,4-13,16H2,1-3H3. The lowest BCUT2D eigenvalue weighted by Gasteiger charge is -2.15. The zero-order valence-electron chi connectivity index (χ0n) is 15.6. The van der Waals surface area contributed by atoms with E-state index >= 15 is 0 Å². The Kier molecular flexibility index (Phi) is 12.0. The van der Waals surface area contributed by atoms with Crippen LogP contribution in [0.5, 0.6) is 11.5 Å². The van der Waals surface area contributed by atoms with Gasteiger partial charge in [-0.25, -0.2) is 0 Å². The van der Waals surface area contributed by atoms with Gasteiger partial charge in [0.05, 0.1) is 17.7 Å². The van der Waals surface area contributed by atoms with E-state index in [0.29, 0.717) is 13.2 Å². The van der Waals surface area contributed by atoms with Crippen LogP contribution in [-0.2, 0) is 6.54 Å². The number of hydrogen-bond donors (Lipinski definition) is 1. The van der Waals surface area contributed by atoms with Crippen molar-refractivity contribution in [3.8, 4) is 11.5 Å². The van der Waals surface area contributed by atoms with Gasteiger partial charge in [-0.2, -0.15) is 0 Å². The van der Waals surface area contributed by atoms with Gasteiger partial charge in [0.2, 0.25) is 0 Å². The smallest absolute Gasteiger partial charge is 0.175 e. The summed E-state index contributed by atoms with van der Waals surface area (Å²) in [6.07, 6.45) is 8.98. The molecule has 0 atom stereocenters. The molecule has 1 rings (SSSR count). The second-order valence-corrected chi connectivity index (χ2v) is 6.99. The topological polar surface area (TPSA) is 30.5 Å². The molecule has 0 saturated carbocycles. The van der Waals surface area contributed by atoms with Gasteiger partial charge in [-0.3, -0.25) is 0 Å². The average molecular weight is 400 g/mol. The molecule has 0 amide bonds. The van der Waals surface area contributed by atoms with Crippen LogP contribution in [0.4, 0.5) is 0 Å². The van der Waals surface area contributed by atoms with Gasteiger partial charge in [0.1, 0.15) is 0 Å². The van der Waals surface area contributed by atoms with Crippen molar-refractivity contribution in [3.63, 3.8) is 0 Å². The van der Waals surface area contributed by atoms with Gasteiger partial charge in [0, 0.05) is 6.54 Å². The van der Waals surface area contributed by atoms with E-state index in [2.05, 4.69) is 47.2 Å². The van der Waals surface area contributed by atoms with Gasteiger partial charge in [-0.05, 0) is 59.9 Å². The summed E-state index contributed by atoms with van der Waals surface area (Å²) in [4.78, 5) is 0. The van der Waals surface area contributed by atoms with Crippen LogP contribution in [0, 0.1) is 0 Å². The molecule has 0 spiro atoms. The van der Waals surface area contributed by atoms with Gasteiger partial charge >= 0.3 is 0 Å². The second kappa shape index (κ2) is 13.5. The number of unbranched alkanes of at least 4 members (excludes halogenated alkanes) is 5. The molecule has 0 radical (unpaired) electrons. The number of rotatable bonds is 14. The molecule has 0 aliphatic heterocycles. The van der Waals surface area contributed by atoms with Crippen LogP contribution >= 0.6 is 15.9 Å². The molecule has 4 heteroatoms. The molecule has 138 valence electrons. The molecule has 0 saturated heterocycles. The molecule has 0 unspecified atom stereocenters. The maximum Gasteiger partial charge on any atom is 0.175 e. The maximum absolute atomic E-state index is 5.82. The largest absolute Gasteiger partial charge is 0.490 e. The third-order valence-electron chi connectivity index (χ3n) is 3.86. The molecule has 1 N–H and O–H groups in total. The lowest BCUT2D eigenvalue weighted by molar-refractivity contribution is 0.275. The first-order valence-electron chi connectivity index (χ1n) is 9.51. The van der Waals surface area contributed by atoms with E-state index in [9.17, 15) is 0 Å². The Labute approximate surface area is 156 Å². The molecule has 0 fully saturated rings. The summed E-state index contributed by atoms with van der Waals surface area (Å²) >= 11 is 3.62. The van der Waals surface area contributed by atoms with Gasteiger partial charge in [0.15, 0.2) is 11.5 Å². The molecule has 3 nitrogen and oxygen atoms in total. The highest BCUT2D eigenvalue weighted by molar-refractivity contribution is 9.10. The van der Waals surface area contributed by atoms with Crippen molar-refractivity contribution in [2.75, 3.05) is 19.8 Å².